The van der Waals surface area contributed by atoms with Crippen LogP contribution in [0.15, 0.2) is 28.7 Å². The summed E-state index contributed by atoms with van der Waals surface area (Å²) in [6.07, 6.45) is -0.730. The number of benzene rings is 1. The van der Waals surface area contributed by atoms with E-state index in [1.54, 1.807) is 6.07 Å². The van der Waals surface area contributed by atoms with E-state index >= 15 is 0 Å². The molecule has 78 valence electrons. The zero-order valence-corrected chi connectivity index (χ0v) is 9.07. The molecule has 14 heavy (non-hydrogen) atoms. The molecular formula is C9H12BrNO3. The molecule has 1 rings (SSSR count). The van der Waals surface area contributed by atoms with E-state index in [2.05, 4.69) is 15.9 Å². The minimum atomic E-state index is -0.730. The van der Waals surface area contributed by atoms with Gasteiger partial charge in [-0.05, 0) is 28.1 Å². The Morgan fingerprint density at radius 1 is 1.43 bits per heavy atom. The third kappa shape index (κ3) is 3.63. The van der Waals surface area contributed by atoms with Gasteiger partial charge in [-0.15, -0.1) is 0 Å². The summed E-state index contributed by atoms with van der Waals surface area (Å²) in [5.74, 6) is 0.671. The maximum absolute atomic E-state index is 9.24. The molecule has 0 saturated heterocycles. The first kappa shape index (κ1) is 11.5. The Balaban J connectivity index is 2.41. The van der Waals surface area contributed by atoms with E-state index in [1.807, 2.05) is 23.7 Å². The molecule has 0 aliphatic heterocycles. The SMILES string of the molecule is ONC[C@@H](O)COc1ccccc1Br. The second kappa shape index (κ2) is 5.98. The summed E-state index contributed by atoms with van der Waals surface area (Å²) in [5.41, 5.74) is 1.88. The fraction of sp³-hybridized carbons (Fsp3) is 0.333. The molecule has 0 saturated carbocycles. The largest absolute Gasteiger partial charge is 0.490 e. The molecule has 0 aliphatic rings. The number of para-hydroxylation sites is 1. The number of aliphatic hydroxyl groups is 1. The van der Waals surface area contributed by atoms with Crippen LogP contribution in [-0.4, -0.2) is 29.6 Å². The molecule has 4 nitrogen and oxygen atoms in total. The number of rotatable bonds is 5. The highest BCUT2D eigenvalue weighted by Gasteiger charge is 2.05. The summed E-state index contributed by atoms with van der Waals surface area (Å²) in [5, 5.41) is 17.6. The Hall–Kier alpha value is -0.620. The first-order valence-electron chi connectivity index (χ1n) is 4.16. The van der Waals surface area contributed by atoms with Gasteiger partial charge >= 0.3 is 0 Å². The minimum absolute atomic E-state index is 0.0878. The summed E-state index contributed by atoms with van der Waals surface area (Å²) < 4.78 is 6.14. The summed E-state index contributed by atoms with van der Waals surface area (Å²) in [4.78, 5) is 0. The first-order valence-corrected chi connectivity index (χ1v) is 4.95. The van der Waals surface area contributed by atoms with Crippen molar-refractivity contribution in [3.8, 4) is 5.75 Å². The topological polar surface area (TPSA) is 61.7 Å². The molecule has 0 unspecified atom stereocenters. The molecule has 0 heterocycles. The predicted molar refractivity (Wildman–Crippen MR) is 55.4 cm³/mol. The van der Waals surface area contributed by atoms with Crippen LogP contribution in [0.2, 0.25) is 0 Å². The summed E-state index contributed by atoms with van der Waals surface area (Å²) in [6.45, 7) is 0.223. The molecule has 0 amide bonds. The van der Waals surface area contributed by atoms with Crippen molar-refractivity contribution in [3.63, 3.8) is 0 Å². The third-order valence-corrected chi connectivity index (χ3v) is 2.25. The van der Waals surface area contributed by atoms with Crippen molar-refractivity contribution < 1.29 is 15.1 Å². The van der Waals surface area contributed by atoms with Gasteiger partial charge in [0.25, 0.3) is 0 Å². The molecule has 0 radical (unpaired) electrons. The summed E-state index contributed by atoms with van der Waals surface area (Å²) in [6, 6.07) is 7.37. The van der Waals surface area contributed by atoms with E-state index in [0.29, 0.717) is 5.75 Å². The van der Waals surface area contributed by atoms with E-state index < -0.39 is 6.10 Å². The van der Waals surface area contributed by atoms with Crippen LogP contribution in [0.5, 0.6) is 5.75 Å². The van der Waals surface area contributed by atoms with E-state index in [1.165, 1.54) is 0 Å². The van der Waals surface area contributed by atoms with E-state index in [-0.39, 0.29) is 13.2 Å². The first-order chi connectivity index (χ1) is 6.74. The van der Waals surface area contributed by atoms with Gasteiger partial charge < -0.3 is 15.1 Å². The number of halogens is 1. The van der Waals surface area contributed by atoms with Gasteiger partial charge in [-0.25, -0.2) is 5.48 Å². The number of ether oxygens (including phenoxy) is 1. The molecular weight excluding hydrogens is 250 g/mol. The Morgan fingerprint density at radius 2 is 2.14 bits per heavy atom. The van der Waals surface area contributed by atoms with Crippen molar-refractivity contribution >= 4 is 15.9 Å². The number of hydrogen-bond acceptors (Lipinski definition) is 4. The number of aliphatic hydroxyl groups excluding tert-OH is 1. The summed E-state index contributed by atoms with van der Waals surface area (Å²) in [7, 11) is 0. The molecule has 0 aromatic heterocycles. The second-order valence-corrected chi connectivity index (χ2v) is 3.61. The highest BCUT2D eigenvalue weighted by molar-refractivity contribution is 9.10. The Labute approximate surface area is 90.6 Å². The molecule has 1 atom stereocenters. The lowest BCUT2D eigenvalue weighted by atomic mass is 10.3. The Kier molecular flexibility index (Phi) is 4.89. The molecule has 0 fully saturated rings. The lowest BCUT2D eigenvalue weighted by Crippen LogP contribution is -2.29. The van der Waals surface area contributed by atoms with Gasteiger partial charge in [-0.2, -0.15) is 0 Å². The summed E-state index contributed by atoms with van der Waals surface area (Å²) >= 11 is 3.31. The fourth-order valence-electron chi connectivity index (χ4n) is 0.912. The van der Waals surface area contributed by atoms with Crippen molar-refractivity contribution in [1.29, 1.82) is 0 Å². The monoisotopic (exact) mass is 261 g/mol. The number of nitrogens with one attached hydrogen (secondary N) is 1. The van der Waals surface area contributed by atoms with Crippen LogP contribution in [-0.2, 0) is 0 Å². The van der Waals surface area contributed by atoms with Crippen molar-refractivity contribution in [1.82, 2.24) is 5.48 Å². The lowest BCUT2D eigenvalue weighted by molar-refractivity contribution is 0.0599. The Morgan fingerprint density at radius 3 is 2.79 bits per heavy atom. The van der Waals surface area contributed by atoms with E-state index in [0.717, 1.165) is 4.47 Å². The molecule has 5 heteroatoms. The maximum atomic E-state index is 9.24. The van der Waals surface area contributed by atoms with Crippen LogP contribution in [0.4, 0.5) is 0 Å². The van der Waals surface area contributed by atoms with Crippen LogP contribution >= 0.6 is 15.9 Å². The normalized spacial score (nSPS) is 12.5. The highest BCUT2D eigenvalue weighted by atomic mass is 79.9. The van der Waals surface area contributed by atoms with Crippen LogP contribution in [0.3, 0.4) is 0 Å². The minimum Gasteiger partial charge on any atom is -0.490 e. The van der Waals surface area contributed by atoms with Gasteiger partial charge in [-0.1, -0.05) is 12.1 Å². The molecule has 1 aromatic rings. The average Bonchev–Trinajstić information content (AvgIpc) is 2.17. The molecule has 1 aromatic carbocycles. The smallest absolute Gasteiger partial charge is 0.133 e. The van der Waals surface area contributed by atoms with E-state index in [9.17, 15) is 5.11 Å². The molecule has 3 N–H and O–H groups in total. The zero-order chi connectivity index (χ0) is 10.4. The third-order valence-electron chi connectivity index (χ3n) is 1.59. The van der Waals surface area contributed by atoms with Crippen molar-refractivity contribution in [3.05, 3.63) is 28.7 Å². The average molecular weight is 262 g/mol. The molecule has 0 spiro atoms. The highest BCUT2D eigenvalue weighted by Crippen LogP contribution is 2.23. The van der Waals surface area contributed by atoms with Crippen LogP contribution < -0.4 is 10.2 Å². The Bertz CT molecular complexity index is 283. The number of hydrogen-bond donors (Lipinski definition) is 3. The maximum Gasteiger partial charge on any atom is 0.133 e. The van der Waals surface area contributed by atoms with Crippen LogP contribution in [0.1, 0.15) is 0 Å². The van der Waals surface area contributed by atoms with Gasteiger partial charge in [0.15, 0.2) is 0 Å². The van der Waals surface area contributed by atoms with Gasteiger partial charge in [0, 0.05) is 0 Å². The fourth-order valence-corrected chi connectivity index (χ4v) is 1.31. The standard InChI is InChI=1S/C9H12BrNO3/c10-8-3-1-2-4-9(8)14-6-7(12)5-11-13/h1-4,7,11-13H,5-6H2/t7-/m1/s1. The van der Waals surface area contributed by atoms with Gasteiger partial charge in [0.2, 0.25) is 0 Å². The molecule has 0 bridgehead atoms. The quantitative estimate of drug-likeness (QED) is 0.697. The van der Waals surface area contributed by atoms with Gasteiger partial charge in [0.05, 0.1) is 11.0 Å². The number of hydroxylamine groups is 1. The second-order valence-electron chi connectivity index (χ2n) is 2.76. The van der Waals surface area contributed by atoms with Crippen molar-refractivity contribution in [2.24, 2.45) is 0 Å². The van der Waals surface area contributed by atoms with Gasteiger partial charge in [-0.3, -0.25) is 0 Å². The zero-order valence-electron chi connectivity index (χ0n) is 7.48. The predicted octanol–water partition coefficient (Wildman–Crippen LogP) is 1.17. The van der Waals surface area contributed by atoms with Crippen molar-refractivity contribution in [2.75, 3.05) is 13.2 Å². The lowest BCUT2D eigenvalue weighted by Gasteiger charge is -2.12. The van der Waals surface area contributed by atoms with Crippen molar-refractivity contribution in [2.45, 2.75) is 6.10 Å². The van der Waals surface area contributed by atoms with Crippen LogP contribution in [0.25, 0.3) is 0 Å². The molecule has 0 aliphatic carbocycles. The van der Waals surface area contributed by atoms with Gasteiger partial charge in [0.1, 0.15) is 18.5 Å². The van der Waals surface area contributed by atoms with Crippen LogP contribution in [0, 0.1) is 0 Å². The van der Waals surface area contributed by atoms with E-state index in [4.69, 9.17) is 9.94 Å².